The van der Waals surface area contributed by atoms with Gasteiger partial charge >= 0.3 is 0 Å². The van der Waals surface area contributed by atoms with Gasteiger partial charge in [0.1, 0.15) is 0 Å². The molecule has 3 aromatic carbocycles. The lowest BCUT2D eigenvalue weighted by molar-refractivity contribution is 0.0946. The van der Waals surface area contributed by atoms with E-state index in [9.17, 15) is 9.59 Å². The fourth-order valence-electron chi connectivity index (χ4n) is 3.13. The molecule has 32 heavy (non-hydrogen) atoms. The van der Waals surface area contributed by atoms with Crippen molar-refractivity contribution < 1.29 is 9.59 Å². The summed E-state index contributed by atoms with van der Waals surface area (Å²) in [6.07, 6.45) is 0. The molecule has 2 amide bonds. The standard InChI is InChI=1S/C26H26N4O2/c1-17-9-5-7-11-23(17)25(31)29-27-19(3)21-13-15-22(16-14-21)20(4)28-30-26(32)24-12-8-6-10-18(24)2/h5-16H,1-4H3,(H,29,31)(H,30,32)/b27-19+,28-20+. The molecule has 0 fully saturated rings. The smallest absolute Gasteiger partial charge is 0.267 e. The Labute approximate surface area is 188 Å². The summed E-state index contributed by atoms with van der Waals surface area (Å²) in [5.41, 5.74) is 11.3. The Morgan fingerprint density at radius 3 is 1.28 bits per heavy atom. The van der Waals surface area contributed by atoms with Crippen LogP contribution >= 0.6 is 0 Å². The van der Waals surface area contributed by atoms with Gasteiger partial charge in [-0.15, -0.1) is 0 Å². The number of hydrazone groups is 2. The second-order valence-corrected chi connectivity index (χ2v) is 7.48. The zero-order valence-electron chi connectivity index (χ0n) is 18.6. The molecule has 6 heteroatoms. The van der Waals surface area contributed by atoms with Crippen molar-refractivity contribution in [3.05, 3.63) is 106 Å². The molecule has 0 aliphatic rings. The molecule has 0 unspecified atom stereocenters. The Morgan fingerprint density at radius 2 is 0.938 bits per heavy atom. The first-order valence-electron chi connectivity index (χ1n) is 10.3. The van der Waals surface area contributed by atoms with Gasteiger partial charge in [0.05, 0.1) is 11.4 Å². The molecule has 0 saturated carbocycles. The summed E-state index contributed by atoms with van der Waals surface area (Å²) >= 11 is 0. The third-order valence-corrected chi connectivity index (χ3v) is 5.15. The van der Waals surface area contributed by atoms with E-state index in [1.54, 1.807) is 12.1 Å². The van der Waals surface area contributed by atoms with E-state index in [2.05, 4.69) is 21.1 Å². The van der Waals surface area contributed by atoms with Gasteiger partial charge in [0.2, 0.25) is 0 Å². The van der Waals surface area contributed by atoms with Crippen molar-refractivity contribution in [2.24, 2.45) is 10.2 Å². The summed E-state index contributed by atoms with van der Waals surface area (Å²) in [4.78, 5) is 24.7. The van der Waals surface area contributed by atoms with Crippen molar-refractivity contribution >= 4 is 23.2 Å². The Morgan fingerprint density at radius 1 is 0.594 bits per heavy atom. The maximum Gasteiger partial charge on any atom is 0.271 e. The lowest BCUT2D eigenvalue weighted by Crippen LogP contribution is -2.20. The third kappa shape index (κ3) is 5.55. The van der Waals surface area contributed by atoms with E-state index in [0.29, 0.717) is 22.6 Å². The molecule has 3 aromatic rings. The van der Waals surface area contributed by atoms with Crippen LogP contribution < -0.4 is 10.9 Å². The Kier molecular flexibility index (Phi) is 7.29. The molecular formula is C26H26N4O2. The number of carbonyl (C=O) groups is 2. The maximum atomic E-state index is 12.3. The number of benzene rings is 3. The van der Waals surface area contributed by atoms with Gasteiger partial charge in [-0.1, -0.05) is 60.7 Å². The number of aryl methyl sites for hydroxylation is 2. The van der Waals surface area contributed by atoms with Crippen LogP contribution in [0.15, 0.2) is 83.0 Å². The molecule has 0 radical (unpaired) electrons. The van der Waals surface area contributed by atoms with E-state index in [1.165, 1.54) is 0 Å². The topological polar surface area (TPSA) is 82.9 Å². The van der Waals surface area contributed by atoms with E-state index in [0.717, 1.165) is 22.3 Å². The Bertz CT molecular complexity index is 1100. The largest absolute Gasteiger partial charge is 0.271 e. The summed E-state index contributed by atoms with van der Waals surface area (Å²) in [7, 11) is 0. The average Bonchev–Trinajstić information content (AvgIpc) is 2.81. The van der Waals surface area contributed by atoms with Crippen LogP contribution in [0.5, 0.6) is 0 Å². The lowest BCUT2D eigenvalue weighted by Gasteiger charge is -2.07. The summed E-state index contributed by atoms with van der Waals surface area (Å²) in [5, 5.41) is 8.44. The summed E-state index contributed by atoms with van der Waals surface area (Å²) in [6.45, 7) is 7.43. The van der Waals surface area contributed by atoms with Gasteiger partial charge in [-0.05, 0) is 62.1 Å². The number of amides is 2. The number of nitrogens with one attached hydrogen (secondary N) is 2. The molecule has 0 heterocycles. The van der Waals surface area contributed by atoms with Crippen molar-refractivity contribution in [2.45, 2.75) is 27.7 Å². The van der Waals surface area contributed by atoms with Crippen molar-refractivity contribution in [1.82, 2.24) is 10.9 Å². The molecule has 0 spiro atoms. The summed E-state index contributed by atoms with van der Waals surface area (Å²) < 4.78 is 0. The summed E-state index contributed by atoms with van der Waals surface area (Å²) in [6, 6.07) is 22.3. The second-order valence-electron chi connectivity index (χ2n) is 7.48. The van der Waals surface area contributed by atoms with Crippen LogP contribution in [0.1, 0.15) is 56.8 Å². The van der Waals surface area contributed by atoms with Gasteiger partial charge < -0.3 is 0 Å². The predicted octanol–water partition coefficient (Wildman–Crippen LogP) is 4.61. The quantitative estimate of drug-likeness (QED) is 0.446. The van der Waals surface area contributed by atoms with Gasteiger partial charge in [0.15, 0.2) is 0 Å². The van der Waals surface area contributed by atoms with Gasteiger partial charge in [0, 0.05) is 11.1 Å². The fourth-order valence-corrected chi connectivity index (χ4v) is 3.13. The first-order valence-corrected chi connectivity index (χ1v) is 10.3. The Balaban J connectivity index is 1.64. The highest BCUT2D eigenvalue weighted by Gasteiger charge is 2.09. The van der Waals surface area contributed by atoms with E-state index in [4.69, 9.17) is 0 Å². The maximum absolute atomic E-state index is 12.3. The molecule has 0 aliphatic carbocycles. The molecule has 2 N–H and O–H groups in total. The van der Waals surface area contributed by atoms with Crippen molar-refractivity contribution in [3.8, 4) is 0 Å². The fraction of sp³-hybridized carbons (Fsp3) is 0.154. The zero-order valence-corrected chi connectivity index (χ0v) is 18.6. The SMILES string of the molecule is C/C(=N\NC(=O)c1ccccc1C)c1ccc(/C(C)=N/NC(=O)c2ccccc2C)cc1. The van der Waals surface area contributed by atoms with Crippen LogP contribution in [0.25, 0.3) is 0 Å². The monoisotopic (exact) mass is 426 g/mol. The first kappa shape index (κ1) is 22.6. The van der Waals surface area contributed by atoms with Crippen LogP contribution in [-0.4, -0.2) is 23.2 Å². The highest BCUT2D eigenvalue weighted by atomic mass is 16.2. The van der Waals surface area contributed by atoms with E-state index in [1.807, 2.05) is 88.4 Å². The highest BCUT2D eigenvalue weighted by Crippen LogP contribution is 2.10. The minimum atomic E-state index is -0.244. The molecule has 0 bridgehead atoms. The first-order chi connectivity index (χ1) is 15.4. The number of hydrogen-bond acceptors (Lipinski definition) is 4. The highest BCUT2D eigenvalue weighted by molar-refractivity contribution is 6.04. The van der Waals surface area contributed by atoms with Gasteiger partial charge in [0.25, 0.3) is 11.8 Å². The third-order valence-electron chi connectivity index (χ3n) is 5.15. The van der Waals surface area contributed by atoms with Crippen LogP contribution in [0.2, 0.25) is 0 Å². The zero-order chi connectivity index (χ0) is 23.1. The number of hydrogen-bond donors (Lipinski definition) is 2. The number of rotatable bonds is 6. The predicted molar refractivity (Wildman–Crippen MR) is 128 cm³/mol. The van der Waals surface area contributed by atoms with Gasteiger partial charge in [-0.2, -0.15) is 10.2 Å². The number of carbonyl (C=O) groups excluding carboxylic acids is 2. The van der Waals surface area contributed by atoms with Crippen LogP contribution in [-0.2, 0) is 0 Å². The van der Waals surface area contributed by atoms with Crippen molar-refractivity contribution in [1.29, 1.82) is 0 Å². The van der Waals surface area contributed by atoms with E-state index < -0.39 is 0 Å². The number of nitrogens with zero attached hydrogens (tertiary/aromatic N) is 2. The van der Waals surface area contributed by atoms with Gasteiger partial charge in [-0.25, -0.2) is 10.9 Å². The molecule has 0 aliphatic heterocycles. The lowest BCUT2D eigenvalue weighted by atomic mass is 10.1. The molecule has 6 nitrogen and oxygen atoms in total. The van der Waals surface area contributed by atoms with Crippen molar-refractivity contribution in [2.75, 3.05) is 0 Å². The van der Waals surface area contributed by atoms with E-state index in [-0.39, 0.29) is 11.8 Å². The average molecular weight is 427 g/mol. The second kappa shape index (κ2) is 10.3. The molecule has 3 rings (SSSR count). The Hall–Kier alpha value is -4.06. The molecule has 0 atom stereocenters. The minimum Gasteiger partial charge on any atom is -0.267 e. The summed E-state index contributed by atoms with van der Waals surface area (Å²) in [5.74, 6) is -0.488. The van der Waals surface area contributed by atoms with Crippen LogP contribution in [0.3, 0.4) is 0 Å². The van der Waals surface area contributed by atoms with E-state index >= 15 is 0 Å². The van der Waals surface area contributed by atoms with Crippen LogP contribution in [0.4, 0.5) is 0 Å². The van der Waals surface area contributed by atoms with Crippen LogP contribution in [0, 0.1) is 13.8 Å². The minimum absolute atomic E-state index is 0.244. The molecule has 162 valence electrons. The molecular weight excluding hydrogens is 400 g/mol. The molecule has 0 saturated heterocycles. The van der Waals surface area contributed by atoms with Crippen molar-refractivity contribution in [3.63, 3.8) is 0 Å². The normalized spacial score (nSPS) is 11.8. The van der Waals surface area contributed by atoms with Gasteiger partial charge in [-0.3, -0.25) is 9.59 Å². The molecule has 0 aromatic heterocycles.